The zero-order valence-electron chi connectivity index (χ0n) is 13.1. The lowest BCUT2D eigenvalue weighted by Gasteiger charge is -2.14. The number of benzene rings is 2. The molecule has 0 saturated carbocycles. The zero-order chi connectivity index (χ0) is 17.0. The molecule has 0 bridgehead atoms. The second kappa shape index (κ2) is 6.71. The van der Waals surface area contributed by atoms with Gasteiger partial charge in [-0.25, -0.2) is 0 Å². The Morgan fingerprint density at radius 3 is 2.39 bits per heavy atom. The molecule has 23 heavy (non-hydrogen) atoms. The Morgan fingerprint density at radius 1 is 1.09 bits per heavy atom. The summed E-state index contributed by atoms with van der Waals surface area (Å²) in [6, 6.07) is 12.6. The summed E-state index contributed by atoms with van der Waals surface area (Å²) >= 11 is 0. The number of nitrogens with zero attached hydrogens (tertiary/aromatic N) is 1. The van der Waals surface area contributed by atoms with E-state index >= 15 is 0 Å². The van der Waals surface area contributed by atoms with Gasteiger partial charge in [-0.15, -0.1) is 0 Å². The Balaban J connectivity index is 2.33. The first kappa shape index (κ1) is 16.8. The average Bonchev–Trinajstić information content (AvgIpc) is 2.49. The molecule has 0 amide bonds. The first-order valence-electron chi connectivity index (χ1n) is 7.04. The molecule has 0 spiro atoms. The Hall–Kier alpha value is -2.52. The van der Waals surface area contributed by atoms with Crippen molar-refractivity contribution in [2.75, 3.05) is 0 Å². The molecular formula is C17H17NO4S. The molecule has 0 aliphatic carbocycles. The number of nitriles is 1. The van der Waals surface area contributed by atoms with E-state index in [1.54, 1.807) is 25.1 Å². The SMILES string of the molecule is Cc1cc(S(=O)(=O)Oc2ccccc2C#N)ccc1OC(C)C. The van der Waals surface area contributed by atoms with Crippen molar-refractivity contribution in [1.82, 2.24) is 0 Å². The van der Waals surface area contributed by atoms with Crippen molar-refractivity contribution in [3.05, 3.63) is 53.6 Å². The third-order valence-corrected chi connectivity index (χ3v) is 4.24. The minimum Gasteiger partial charge on any atom is -0.491 e. The molecule has 0 aliphatic rings. The van der Waals surface area contributed by atoms with Gasteiger partial charge in [0, 0.05) is 0 Å². The van der Waals surface area contributed by atoms with Crippen LogP contribution in [0, 0.1) is 18.3 Å². The van der Waals surface area contributed by atoms with Crippen LogP contribution in [-0.2, 0) is 10.1 Å². The maximum absolute atomic E-state index is 12.4. The fourth-order valence-electron chi connectivity index (χ4n) is 1.96. The topological polar surface area (TPSA) is 76.4 Å². The summed E-state index contributed by atoms with van der Waals surface area (Å²) < 4.78 is 35.4. The largest absolute Gasteiger partial charge is 0.491 e. The van der Waals surface area contributed by atoms with E-state index in [1.807, 2.05) is 19.9 Å². The van der Waals surface area contributed by atoms with Gasteiger partial charge in [-0.05, 0) is 56.7 Å². The second-order valence-electron chi connectivity index (χ2n) is 5.24. The van der Waals surface area contributed by atoms with E-state index in [0.29, 0.717) is 11.3 Å². The highest BCUT2D eigenvalue weighted by Crippen LogP contribution is 2.26. The summed E-state index contributed by atoms with van der Waals surface area (Å²) in [4.78, 5) is 0.0128. The zero-order valence-corrected chi connectivity index (χ0v) is 13.9. The lowest BCUT2D eigenvalue weighted by Crippen LogP contribution is -2.12. The third-order valence-electron chi connectivity index (χ3n) is 3.00. The molecule has 0 fully saturated rings. The van der Waals surface area contributed by atoms with Crippen LogP contribution in [0.15, 0.2) is 47.4 Å². The predicted octanol–water partition coefficient (Wildman–Crippen LogP) is 3.42. The summed E-state index contributed by atoms with van der Waals surface area (Å²) in [6.07, 6.45) is -0.00471. The van der Waals surface area contributed by atoms with Crippen LogP contribution in [0.2, 0.25) is 0 Å². The van der Waals surface area contributed by atoms with Crippen LogP contribution in [0.4, 0.5) is 0 Å². The molecule has 120 valence electrons. The van der Waals surface area contributed by atoms with Crippen LogP contribution in [0.25, 0.3) is 0 Å². The van der Waals surface area contributed by atoms with Crippen LogP contribution < -0.4 is 8.92 Å². The number of ether oxygens (including phenoxy) is 1. The van der Waals surface area contributed by atoms with Gasteiger partial charge < -0.3 is 8.92 Å². The average molecular weight is 331 g/mol. The van der Waals surface area contributed by atoms with Gasteiger partial charge >= 0.3 is 10.1 Å². The summed E-state index contributed by atoms with van der Waals surface area (Å²) in [5, 5.41) is 9.01. The van der Waals surface area contributed by atoms with Crippen molar-refractivity contribution < 1.29 is 17.3 Å². The Bertz CT molecular complexity index is 851. The molecule has 0 saturated heterocycles. The van der Waals surface area contributed by atoms with E-state index in [-0.39, 0.29) is 22.3 Å². The van der Waals surface area contributed by atoms with Gasteiger partial charge in [0.1, 0.15) is 16.7 Å². The van der Waals surface area contributed by atoms with Crippen molar-refractivity contribution in [2.24, 2.45) is 0 Å². The molecule has 2 rings (SSSR count). The molecule has 0 aromatic heterocycles. The van der Waals surface area contributed by atoms with E-state index in [1.165, 1.54) is 24.3 Å². The summed E-state index contributed by atoms with van der Waals surface area (Å²) in [5.74, 6) is 0.631. The molecule has 0 N–H and O–H groups in total. The monoisotopic (exact) mass is 331 g/mol. The van der Waals surface area contributed by atoms with Gasteiger partial charge in [-0.2, -0.15) is 13.7 Å². The highest BCUT2D eigenvalue weighted by Gasteiger charge is 2.19. The molecular weight excluding hydrogens is 314 g/mol. The fraction of sp³-hybridized carbons (Fsp3) is 0.235. The lowest BCUT2D eigenvalue weighted by atomic mass is 10.2. The smallest absolute Gasteiger partial charge is 0.339 e. The highest BCUT2D eigenvalue weighted by atomic mass is 32.2. The minimum absolute atomic E-state index is 0.00471. The van der Waals surface area contributed by atoms with Crippen molar-refractivity contribution in [3.63, 3.8) is 0 Å². The first-order chi connectivity index (χ1) is 10.8. The van der Waals surface area contributed by atoms with Gasteiger partial charge in [-0.3, -0.25) is 0 Å². The van der Waals surface area contributed by atoms with E-state index in [9.17, 15) is 8.42 Å². The number of aryl methyl sites for hydroxylation is 1. The summed E-state index contributed by atoms with van der Waals surface area (Å²) in [5.41, 5.74) is 0.851. The molecule has 0 atom stereocenters. The van der Waals surface area contributed by atoms with Crippen LogP contribution >= 0.6 is 0 Å². The van der Waals surface area contributed by atoms with Gasteiger partial charge in [0.2, 0.25) is 0 Å². The summed E-state index contributed by atoms with van der Waals surface area (Å²) in [7, 11) is -4.02. The standard InChI is InChI=1S/C17H17NO4S/c1-12(2)21-16-9-8-15(10-13(16)3)23(19,20)22-17-7-5-4-6-14(17)11-18/h4-10,12H,1-3H3. The third kappa shape index (κ3) is 4.02. The van der Waals surface area contributed by atoms with Crippen molar-refractivity contribution in [3.8, 4) is 17.6 Å². The Kier molecular flexibility index (Phi) is 4.92. The van der Waals surface area contributed by atoms with Crippen LogP contribution in [0.1, 0.15) is 25.0 Å². The van der Waals surface area contributed by atoms with Crippen molar-refractivity contribution >= 4 is 10.1 Å². The minimum atomic E-state index is -4.02. The molecule has 0 heterocycles. The number of rotatable bonds is 5. The Morgan fingerprint density at radius 2 is 1.78 bits per heavy atom. The van der Waals surface area contributed by atoms with E-state index in [4.69, 9.17) is 14.2 Å². The van der Waals surface area contributed by atoms with Gasteiger partial charge in [0.25, 0.3) is 0 Å². The van der Waals surface area contributed by atoms with Crippen LogP contribution in [-0.4, -0.2) is 14.5 Å². The maximum Gasteiger partial charge on any atom is 0.339 e. The van der Waals surface area contributed by atoms with Crippen LogP contribution in [0.5, 0.6) is 11.5 Å². The van der Waals surface area contributed by atoms with Gasteiger partial charge in [0.05, 0.1) is 11.7 Å². The Labute approximate surface area is 136 Å². The van der Waals surface area contributed by atoms with E-state index in [2.05, 4.69) is 0 Å². The van der Waals surface area contributed by atoms with Crippen molar-refractivity contribution in [1.29, 1.82) is 5.26 Å². The molecule has 5 nitrogen and oxygen atoms in total. The van der Waals surface area contributed by atoms with E-state index < -0.39 is 10.1 Å². The van der Waals surface area contributed by atoms with Crippen LogP contribution in [0.3, 0.4) is 0 Å². The summed E-state index contributed by atoms with van der Waals surface area (Å²) in [6.45, 7) is 5.55. The number of para-hydroxylation sites is 1. The highest BCUT2D eigenvalue weighted by molar-refractivity contribution is 7.87. The van der Waals surface area contributed by atoms with Gasteiger partial charge in [0.15, 0.2) is 5.75 Å². The van der Waals surface area contributed by atoms with E-state index in [0.717, 1.165) is 0 Å². The normalized spacial score (nSPS) is 11.1. The number of hydrogen-bond donors (Lipinski definition) is 0. The maximum atomic E-state index is 12.4. The molecule has 0 aliphatic heterocycles. The molecule has 2 aromatic carbocycles. The molecule has 6 heteroatoms. The van der Waals surface area contributed by atoms with Gasteiger partial charge in [-0.1, -0.05) is 12.1 Å². The number of hydrogen-bond acceptors (Lipinski definition) is 5. The van der Waals surface area contributed by atoms with Crippen molar-refractivity contribution in [2.45, 2.75) is 31.8 Å². The lowest BCUT2D eigenvalue weighted by molar-refractivity contribution is 0.240. The molecule has 0 radical (unpaired) electrons. The fourth-order valence-corrected chi connectivity index (χ4v) is 3.00. The molecule has 2 aromatic rings. The quantitative estimate of drug-likeness (QED) is 0.785. The molecule has 0 unspecified atom stereocenters. The predicted molar refractivity (Wildman–Crippen MR) is 85.9 cm³/mol. The second-order valence-corrected chi connectivity index (χ2v) is 6.79. The first-order valence-corrected chi connectivity index (χ1v) is 8.45.